The predicted octanol–water partition coefficient (Wildman–Crippen LogP) is 5.66. The minimum absolute atomic E-state index is 0.0729. The fraction of sp³-hybridized carbons (Fsp3) is 0.480. The molecule has 4 heteroatoms. The molecular weight excluding hydrogens is 362 g/mol. The number of fused-ring (bicyclic) bond motifs is 1. The molecule has 0 saturated heterocycles. The Kier molecular flexibility index (Phi) is 6.51. The second-order valence-electron chi connectivity index (χ2n) is 8.08. The predicted molar refractivity (Wildman–Crippen MR) is 117 cm³/mol. The SMILES string of the molecule is CC[C@H](Oc1cc(C)ccc1C)C(=O)N[C@@H]1CC(CC)(CC)Oc2ccccc21. The van der Waals surface area contributed by atoms with Crippen LogP contribution in [0.1, 0.15) is 69.2 Å². The Morgan fingerprint density at radius 3 is 2.59 bits per heavy atom. The molecule has 0 saturated carbocycles. The number of para-hydroxylation sites is 1. The van der Waals surface area contributed by atoms with E-state index in [9.17, 15) is 4.79 Å². The van der Waals surface area contributed by atoms with Gasteiger partial charge in [0.2, 0.25) is 0 Å². The molecule has 3 rings (SSSR count). The highest BCUT2D eigenvalue weighted by Gasteiger charge is 2.39. The van der Waals surface area contributed by atoms with E-state index in [2.05, 4.69) is 25.2 Å². The largest absolute Gasteiger partial charge is 0.487 e. The lowest BCUT2D eigenvalue weighted by atomic mass is 9.83. The number of carbonyl (C=O) groups is 1. The number of rotatable bonds is 7. The first-order valence-corrected chi connectivity index (χ1v) is 10.7. The van der Waals surface area contributed by atoms with Crippen LogP contribution in [0, 0.1) is 13.8 Å². The summed E-state index contributed by atoms with van der Waals surface area (Å²) in [6.07, 6.45) is 2.66. The standard InChI is InChI=1S/C25H33NO3/c1-6-21(28-23-15-17(4)13-14-18(23)5)24(27)26-20-16-25(7-2,8-3)29-22-12-10-9-11-19(20)22/h9-15,20-21H,6-8,16H2,1-5H3,(H,26,27)/t20-,21+/m1/s1. The molecule has 1 heterocycles. The number of hydrogen-bond donors (Lipinski definition) is 1. The Morgan fingerprint density at radius 2 is 1.90 bits per heavy atom. The van der Waals surface area contributed by atoms with Crippen LogP contribution in [0.4, 0.5) is 0 Å². The molecule has 0 aliphatic carbocycles. The van der Waals surface area contributed by atoms with Crippen LogP contribution in [-0.4, -0.2) is 17.6 Å². The van der Waals surface area contributed by atoms with Crippen molar-refractivity contribution in [3.8, 4) is 11.5 Å². The molecule has 156 valence electrons. The highest BCUT2D eigenvalue weighted by Crippen LogP contribution is 2.42. The topological polar surface area (TPSA) is 47.6 Å². The monoisotopic (exact) mass is 395 g/mol. The van der Waals surface area contributed by atoms with E-state index >= 15 is 0 Å². The molecule has 1 aliphatic heterocycles. The van der Waals surface area contributed by atoms with Crippen molar-refractivity contribution in [1.29, 1.82) is 0 Å². The molecule has 2 atom stereocenters. The fourth-order valence-corrected chi connectivity index (χ4v) is 4.00. The third-order valence-corrected chi connectivity index (χ3v) is 6.08. The quantitative estimate of drug-likeness (QED) is 0.658. The van der Waals surface area contributed by atoms with E-state index in [-0.39, 0.29) is 17.6 Å². The summed E-state index contributed by atoms with van der Waals surface area (Å²) >= 11 is 0. The smallest absolute Gasteiger partial charge is 0.261 e. The Balaban J connectivity index is 1.81. The van der Waals surface area contributed by atoms with Crippen LogP contribution in [0.3, 0.4) is 0 Å². The summed E-state index contributed by atoms with van der Waals surface area (Å²) in [4.78, 5) is 13.2. The molecular formula is C25H33NO3. The van der Waals surface area contributed by atoms with E-state index in [1.807, 2.05) is 57.2 Å². The second-order valence-corrected chi connectivity index (χ2v) is 8.08. The molecule has 0 radical (unpaired) electrons. The third-order valence-electron chi connectivity index (χ3n) is 6.08. The number of amides is 1. The van der Waals surface area contributed by atoms with Crippen LogP contribution in [0.15, 0.2) is 42.5 Å². The van der Waals surface area contributed by atoms with Crippen molar-refractivity contribution in [3.05, 3.63) is 59.2 Å². The molecule has 0 aromatic heterocycles. The molecule has 29 heavy (non-hydrogen) atoms. The van der Waals surface area contributed by atoms with Crippen LogP contribution in [-0.2, 0) is 4.79 Å². The van der Waals surface area contributed by atoms with Gasteiger partial charge >= 0.3 is 0 Å². The van der Waals surface area contributed by atoms with Gasteiger partial charge in [-0.05, 0) is 56.4 Å². The van der Waals surface area contributed by atoms with Crippen molar-refractivity contribution >= 4 is 5.91 Å². The number of hydrogen-bond acceptors (Lipinski definition) is 3. The average Bonchev–Trinajstić information content (AvgIpc) is 2.74. The van der Waals surface area contributed by atoms with E-state index in [0.717, 1.165) is 47.5 Å². The van der Waals surface area contributed by atoms with Crippen molar-refractivity contribution in [2.75, 3.05) is 0 Å². The van der Waals surface area contributed by atoms with Crippen molar-refractivity contribution in [1.82, 2.24) is 5.32 Å². The molecule has 0 fully saturated rings. The number of carbonyl (C=O) groups excluding carboxylic acids is 1. The summed E-state index contributed by atoms with van der Waals surface area (Å²) in [5.74, 6) is 1.57. The summed E-state index contributed by atoms with van der Waals surface area (Å²) < 4.78 is 12.5. The maximum absolute atomic E-state index is 13.2. The van der Waals surface area contributed by atoms with E-state index in [4.69, 9.17) is 9.47 Å². The minimum Gasteiger partial charge on any atom is -0.487 e. The molecule has 0 spiro atoms. The van der Waals surface area contributed by atoms with Gasteiger partial charge in [-0.1, -0.05) is 51.1 Å². The van der Waals surface area contributed by atoms with E-state index in [0.29, 0.717) is 6.42 Å². The van der Waals surface area contributed by atoms with Gasteiger partial charge in [0.15, 0.2) is 6.10 Å². The van der Waals surface area contributed by atoms with Gasteiger partial charge in [-0.25, -0.2) is 0 Å². The van der Waals surface area contributed by atoms with Gasteiger partial charge < -0.3 is 14.8 Å². The van der Waals surface area contributed by atoms with Crippen molar-refractivity contribution < 1.29 is 14.3 Å². The number of nitrogens with one attached hydrogen (secondary N) is 1. The average molecular weight is 396 g/mol. The Morgan fingerprint density at radius 1 is 1.17 bits per heavy atom. The lowest BCUT2D eigenvalue weighted by molar-refractivity contribution is -0.129. The van der Waals surface area contributed by atoms with Crippen molar-refractivity contribution in [2.24, 2.45) is 0 Å². The van der Waals surface area contributed by atoms with E-state index in [1.54, 1.807) is 0 Å². The first-order valence-electron chi connectivity index (χ1n) is 10.7. The van der Waals surface area contributed by atoms with Crippen LogP contribution in [0.5, 0.6) is 11.5 Å². The van der Waals surface area contributed by atoms with Gasteiger partial charge in [0.05, 0.1) is 6.04 Å². The molecule has 1 amide bonds. The second kappa shape index (κ2) is 8.89. The van der Waals surface area contributed by atoms with Crippen molar-refractivity contribution in [2.45, 2.75) is 78.0 Å². The fourth-order valence-electron chi connectivity index (χ4n) is 4.00. The molecule has 0 bridgehead atoms. The van der Waals surface area contributed by atoms with Crippen LogP contribution in [0.25, 0.3) is 0 Å². The Bertz CT molecular complexity index is 857. The molecule has 1 N–H and O–H groups in total. The maximum Gasteiger partial charge on any atom is 0.261 e. The first-order chi connectivity index (χ1) is 13.9. The zero-order chi connectivity index (χ0) is 21.0. The molecule has 2 aromatic carbocycles. The van der Waals surface area contributed by atoms with Gasteiger partial charge in [-0.2, -0.15) is 0 Å². The van der Waals surface area contributed by atoms with Gasteiger partial charge in [0.1, 0.15) is 17.1 Å². The lowest BCUT2D eigenvalue weighted by Gasteiger charge is -2.42. The maximum atomic E-state index is 13.2. The lowest BCUT2D eigenvalue weighted by Crippen LogP contribution is -2.47. The van der Waals surface area contributed by atoms with Crippen molar-refractivity contribution in [3.63, 3.8) is 0 Å². The molecule has 4 nitrogen and oxygen atoms in total. The molecule has 0 unspecified atom stereocenters. The van der Waals surface area contributed by atoms with Crippen LogP contribution < -0.4 is 14.8 Å². The summed E-state index contributed by atoms with van der Waals surface area (Å²) in [7, 11) is 0. The van der Waals surface area contributed by atoms with Crippen LogP contribution >= 0.6 is 0 Å². The molecule has 1 aliphatic rings. The summed E-state index contributed by atoms with van der Waals surface area (Å²) in [6, 6.07) is 14.0. The summed E-state index contributed by atoms with van der Waals surface area (Å²) in [5.41, 5.74) is 2.95. The number of aryl methyl sites for hydroxylation is 2. The Hall–Kier alpha value is -2.49. The highest BCUT2D eigenvalue weighted by molar-refractivity contribution is 5.81. The van der Waals surface area contributed by atoms with Gasteiger partial charge in [-0.3, -0.25) is 4.79 Å². The zero-order valence-corrected chi connectivity index (χ0v) is 18.2. The number of benzene rings is 2. The van der Waals surface area contributed by atoms with Gasteiger partial charge in [-0.15, -0.1) is 0 Å². The highest BCUT2D eigenvalue weighted by atomic mass is 16.5. The first kappa shape index (κ1) is 21.2. The van der Waals surface area contributed by atoms with Gasteiger partial charge in [0, 0.05) is 12.0 Å². The summed E-state index contributed by atoms with van der Waals surface area (Å²) in [6.45, 7) is 10.3. The summed E-state index contributed by atoms with van der Waals surface area (Å²) in [5, 5.41) is 3.26. The van der Waals surface area contributed by atoms with Crippen LogP contribution in [0.2, 0.25) is 0 Å². The Labute approximate surface area is 174 Å². The van der Waals surface area contributed by atoms with E-state index in [1.165, 1.54) is 0 Å². The normalized spacial score (nSPS) is 18.3. The van der Waals surface area contributed by atoms with Gasteiger partial charge in [0.25, 0.3) is 5.91 Å². The third kappa shape index (κ3) is 4.58. The number of ether oxygens (including phenoxy) is 2. The van der Waals surface area contributed by atoms with E-state index < -0.39 is 6.10 Å². The zero-order valence-electron chi connectivity index (χ0n) is 18.2. The molecule has 2 aromatic rings. The minimum atomic E-state index is -0.525.